The van der Waals surface area contributed by atoms with Crippen molar-refractivity contribution in [2.24, 2.45) is 5.73 Å². The fourth-order valence-corrected chi connectivity index (χ4v) is 2.19. The van der Waals surface area contributed by atoms with Gasteiger partial charge >= 0.3 is 0 Å². The van der Waals surface area contributed by atoms with Gasteiger partial charge in [-0.05, 0) is 19.1 Å². The molecular formula is C13H18N2O3. The van der Waals surface area contributed by atoms with Crippen LogP contribution in [0.1, 0.15) is 17.3 Å². The number of hydrogen-bond donors (Lipinski definition) is 1. The Morgan fingerprint density at radius 3 is 2.17 bits per heavy atom. The Balaban J connectivity index is 2.30. The highest BCUT2D eigenvalue weighted by Crippen LogP contribution is 2.31. The van der Waals surface area contributed by atoms with Crippen LogP contribution in [0.4, 0.5) is 0 Å². The molecule has 2 N–H and O–H groups in total. The second-order valence-corrected chi connectivity index (χ2v) is 4.85. The number of carbonyl (C=O) groups is 1. The summed E-state index contributed by atoms with van der Waals surface area (Å²) in [6, 6.07) is 5.28. The first-order chi connectivity index (χ1) is 8.48. The van der Waals surface area contributed by atoms with E-state index in [1.54, 1.807) is 23.1 Å². The monoisotopic (exact) mass is 250 g/mol. The minimum Gasteiger partial charge on any atom is -0.496 e. The highest BCUT2D eigenvalue weighted by Gasteiger charge is 2.39. The molecule has 0 unspecified atom stereocenters. The molecule has 0 saturated carbocycles. The van der Waals surface area contributed by atoms with Crippen LogP contribution >= 0.6 is 0 Å². The molecule has 0 aliphatic carbocycles. The number of nitrogens with two attached hydrogens (primary N) is 1. The van der Waals surface area contributed by atoms with Gasteiger partial charge in [0.15, 0.2) is 0 Å². The number of carbonyl (C=O) groups excluding carboxylic acids is 1. The molecule has 1 saturated heterocycles. The van der Waals surface area contributed by atoms with Crippen molar-refractivity contribution in [2.45, 2.75) is 12.5 Å². The molecular weight excluding hydrogens is 232 g/mol. The number of benzene rings is 1. The van der Waals surface area contributed by atoms with Crippen LogP contribution in [0.25, 0.3) is 0 Å². The molecule has 1 heterocycles. The van der Waals surface area contributed by atoms with Crippen molar-refractivity contribution in [3.63, 3.8) is 0 Å². The highest BCUT2D eigenvalue weighted by atomic mass is 16.5. The third-order valence-electron chi connectivity index (χ3n) is 3.03. The van der Waals surface area contributed by atoms with E-state index < -0.39 is 0 Å². The zero-order chi connectivity index (χ0) is 13.3. The van der Waals surface area contributed by atoms with Gasteiger partial charge in [-0.25, -0.2) is 0 Å². The second-order valence-electron chi connectivity index (χ2n) is 4.85. The molecule has 0 radical (unpaired) electrons. The van der Waals surface area contributed by atoms with E-state index in [-0.39, 0.29) is 11.4 Å². The molecule has 1 fully saturated rings. The van der Waals surface area contributed by atoms with Crippen LogP contribution in [-0.2, 0) is 0 Å². The summed E-state index contributed by atoms with van der Waals surface area (Å²) in [7, 11) is 3.07. The van der Waals surface area contributed by atoms with Gasteiger partial charge in [0.05, 0.1) is 14.2 Å². The van der Waals surface area contributed by atoms with Crippen molar-refractivity contribution in [3.8, 4) is 11.5 Å². The lowest BCUT2D eigenvalue weighted by atomic mass is 9.92. The van der Waals surface area contributed by atoms with Crippen molar-refractivity contribution >= 4 is 5.91 Å². The lowest BCUT2D eigenvalue weighted by Crippen LogP contribution is -2.66. The Bertz CT molecular complexity index is 441. The molecule has 98 valence electrons. The second kappa shape index (κ2) is 4.49. The summed E-state index contributed by atoms with van der Waals surface area (Å²) in [6.45, 7) is 3.02. The zero-order valence-corrected chi connectivity index (χ0v) is 10.9. The Morgan fingerprint density at radius 2 is 1.78 bits per heavy atom. The Kier molecular flexibility index (Phi) is 3.17. The largest absolute Gasteiger partial charge is 0.496 e. The zero-order valence-electron chi connectivity index (χ0n) is 10.9. The maximum absolute atomic E-state index is 12.4. The summed E-state index contributed by atoms with van der Waals surface area (Å²) in [5.41, 5.74) is 6.08. The molecule has 1 amide bonds. The summed E-state index contributed by atoms with van der Waals surface area (Å²) in [5.74, 6) is 0.933. The number of likely N-dealkylation sites (tertiary alicyclic amines) is 1. The minimum atomic E-state index is -0.287. The van der Waals surface area contributed by atoms with E-state index >= 15 is 0 Å². The Hall–Kier alpha value is -1.75. The predicted octanol–water partition coefficient (Wildman–Crippen LogP) is 0.877. The summed E-state index contributed by atoms with van der Waals surface area (Å²) >= 11 is 0. The van der Waals surface area contributed by atoms with E-state index in [1.807, 2.05) is 6.92 Å². The molecule has 2 rings (SSSR count). The first-order valence-corrected chi connectivity index (χ1v) is 5.77. The van der Waals surface area contributed by atoms with Crippen LogP contribution in [0, 0.1) is 0 Å². The van der Waals surface area contributed by atoms with Crippen LogP contribution in [-0.4, -0.2) is 43.7 Å². The van der Waals surface area contributed by atoms with Gasteiger partial charge in [-0.2, -0.15) is 0 Å². The molecule has 1 aromatic carbocycles. The minimum absolute atomic E-state index is 0.104. The maximum atomic E-state index is 12.4. The molecule has 0 atom stereocenters. The summed E-state index contributed by atoms with van der Waals surface area (Å²) < 4.78 is 10.4. The molecule has 18 heavy (non-hydrogen) atoms. The number of hydrogen-bond acceptors (Lipinski definition) is 4. The number of nitrogens with zero attached hydrogens (tertiary/aromatic N) is 1. The van der Waals surface area contributed by atoms with Gasteiger partial charge in [-0.3, -0.25) is 4.79 Å². The molecule has 5 nitrogen and oxygen atoms in total. The van der Waals surface area contributed by atoms with Gasteiger partial charge in [0, 0.05) is 18.6 Å². The van der Waals surface area contributed by atoms with Crippen LogP contribution in [0.5, 0.6) is 11.5 Å². The highest BCUT2D eigenvalue weighted by molar-refractivity contribution is 6.00. The lowest BCUT2D eigenvalue weighted by molar-refractivity contribution is 0.0447. The van der Waals surface area contributed by atoms with Crippen molar-refractivity contribution in [1.82, 2.24) is 4.90 Å². The van der Waals surface area contributed by atoms with Crippen LogP contribution < -0.4 is 15.2 Å². The number of amides is 1. The van der Waals surface area contributed by atoms with Gasteiger partial charge in [0.25, 0.3) is 5.91 Å². The van der Waals surface area contributed by atoms with Crippen LogP contribution in [0.2, 0.25) is 0 Å². The molecule has 1 aliphatic heterocycles. The molecule has 5 heteroatoms. The first kappa shape index (κ1) is 12.7. The van der Waals surface area contributed by atoms with Gasteiger partial charge in [-0.15, -0.1) is 0 Å². The van der Waals surface area contributed by atoms with Gasteiger partial charge in [-0.1, -0.05) is 6.07 Å². The molecule has 0 spiro atoms. The lowest BCUT2D eigenvalue weighted by Gasteiger charge is -2.45. The SMILES string of the molecule is COc1cccc(OC)c1C(=O)N1CC(C)(N)C1. The topological polar surface area (TPSA) is 64.8 Å². The quantitative estimate of drug-likeness (QED) is 0.864. The predicted molar refractivity (Wildman–Crippen MR) is 68.0 cm³/mol. The third kappa shape index (κ3) is 2.13. The van der Waals surface area contributed by atoms with Gasteiger partial charge in [0.2, 0.25) is 0 Å². The van der Waals surface area contributed by atoms with Gasteiger partial charge < -0.3 is 20.1 Å². The Labute approximate surface area is 106 Å². The van der Waals surface area contributed by atoms with E-state index in [4.69, 9.17) is 15.2 Å². The maximum Gasteiger partial charge on any atom is 0.261 e. The average molecular weight is 250 g/mol. The molecule has 1 aromatic rings. The van der Waals surface area contributed by atoms with E-state index in [0.29, 0.717) is 30.2 Å². The van der Waals surface area contributed by atoms with Crippen LogP contribution in [0.15, 0.2) is 18.2 Å². The third-order valence-corrected chi connectivity index (χ3v) is 3.03. The van der Waals surface area contributed by atoms with Crippen molar-refractivity contribution in [3.05, 3.63) is 23.8 Å². The smallest absolute Gasteiger partial charge is 0.261 e. The number of ether oxygens (including phenoxy) is 2. The standard InChI is InChI=1S/C13H18N2O3/c1-13(14)7-15(8-13)12(16)11-9(17-2)5-4-6-10(11)18-3/h4-6H,7-8,14H2,1-3H3. The normalized spacial score (nSPS) is 17.0. The number of rotatable bonds is 3. The Morgan fingerprint density at radius 1 is 1.28 bits per heavy atom. The fourth-order valence-electron chi connectivity index (χ4n) is 2.19. The number of methoxy groups -OCH3 is 2. The van der Waals surface area contributed by atoms with Gasteiger partial charge in [0.1, 0.15) is 17.1 Å². The van der Waals surface area contributed by atoms with E-state index in [9.17, 15) is 4.79 Å². The van der Waals surface area contributed by atoms with Crippen LogP contribution in [0.3, 0.4) is 0 Å². The summed E-state index contributed by atoms with van der Waals surface area (Å²) in [5, 5.41) is 0. The molecule has 0 aromatic heterocycles. The molecule has 1 aliphatic rings. The fraction of sp³-hybridized carbons (Fsp3) is 0.462. The van der Waals surface area contributed by atoms with E-state index in [1.165, 1.54) is 14.2 Å². The van der Waals surface area contributed by atoms with E-state index in [0.717, 1.165) is 0 Å². The van der Waals surface area contributed by atoms with Crippen molar-refractivity contribution in [1.29, 1.82) is 0 Å². The van der Waals surface area contributed by atoms with Crippen molar-refractivity contribution in [2.75, 3.05) is 27.3 Å². The summed E-state index contributed by atoms with van der Waals surface area (Å²) in [4.78, 5) is 14.1. The molecule has 0 bridgehead atoms. The average Bonchev–Trinajstić information content (AvgIpc) is 2.33. The first-order valence-electron chi connectivity index (χ1n) is 5.77. The van der Waals surface area contributed by atoms with Crippen molar-refractivity contribution < 1.29 is 14.3 Å². The van der Waals surface area contributed by atoms with E-state index in [2.05, 4.69) is 0 Å². The summed E-state index contributed by atoms with van der Waals surface area (Å²) in [6.07, 6.45) is 0.